The Bertz CT molecular complexity index is 516. The van der Waals surface area contributed by atoms with Gasteiger partial charge in [0.25, 0.3) is 0 Å². The molecule has 8 heteroatoms. The average molecular weight is 294 g/mol. The largest absolute Gasteiger partial charge is 0.378 e. The Hall–Kier alpha value is -2.12. The van der Waals surface area contributed by atoms with E-state index in [1.165, 1.54) is 0 Å². The van der Waals surface area contributed by atoms with E-state index in [2.05, 4.69) is 15.3 Å². The zero-order chi connectivity index (χ0) is 15.4. The number of nitrogens with zero attached hydrogens (tertiary/aromatic N) is 4. The highest BCUT2D eigenvalue weighted by atomic mass is 16.6. The molecule has 0 radical (unpaired) electrons. The molecule has 21 heavy (non-hydrogen) atoms. The van der Waals surface area contributed by atoms with E-state index in [4.69, 9.17) is 5.73 Å². The maximum absolute atomic E-state index is 11.3. The first-order valence-electron chi connectivity index (χ1n) is 7.36. The quantitative estimate of drug-likeness (QED) is 0.632. The van der Waals surface area contributed by atoms with Gasteiger partial charge in [-0.1, -0.05) is 6.92 Å². The van der Waals surface area contributed by atoms with Crippen LogP contribution in [0.4, 0.5) is 23.3 Å². The Morgan fingerprint density at radius 3 is 2.62 bits per heavy atom. The van der Waals surface area contributed by atoms with E-state index >= 15 is 0 Å². The number of rotatable bonds is 5. The Kier molecular flexibility index (Phi) is 4.77. The van der Waals surface area contributed by atoms with Crippen LogP contribution in [0.1, 0.15) is 39.5 Å². The number of nitrogens with two attached hydrogens (primary N) is 1. The van der Waals surface area contributed by atoms with Crippen molar-refractivity contribution < 1.29 is 4.92 Å². The minimum atomic E-state index is -0.494. The standard InChI is InChI=1S/C13H22N6O2/c1-3-9(2)15-13-16-11(14)10(19(20)21)12(17-13)18-7-5-4-6-8-18/h9H,3-8H2,1-2H3,(H3,14,15,16,17). The number of nitrogens with one attached hydrogen (secondary N) is 1. The summed E-state index contributed by atoms with van der Waals surface area (Å²) in [7, 11) is 0. The molecule has 2 heterocycles. The van der Waals surface area contributed by atoms with E-state index in [0.29, 0.717) is 11.8 Å². The molecule has 0 saturated carbocycles. The number of piperidine rings is 1. The van der Waals surface area contributed by atoms with Gasteiger partial charge in [0.2, 0.25) is 17.6 Å². The number of hydrogen-bond donors (Lipinski definition) is 2. The van der Waals surface area contributed by atoms with E-state index in [0.717, 1.165) is 38.8 Å². The van der Waals surface area contributed by atoms with Crippen LogP contribution in [-0.2, 0) is 0 Å². The zero-order valence-corrected chi connectivity index (χ0v) is 12.5. The van der Waals surface area contributed by atoms with Gasteiger partial charge in [0.1, 0.15) is 0 Å². The van der Waals surface area contributed by atoms with Gasteiger partial charge in [-0.2, -0.15) is 9.97 Å². The van der Waals surface area contributed by atoms with Crippen molar-refractivity contribution in [2.75, 3.05) is 29.0 Å². The second kappa shape index (κ2) is 6.55. The van der Waals surface area contributed by atoms with Gasteiger partial charge in [-0.3, -0.25) is 10.1 Å². The van der Waals surface area contributed by atoms with E-state index < -0.39 is 4.92 Å². The van der Waals surface area contributed by atoms with Crippen LogP contribution in [-0.4, -0.2) is 34.0 Å². The molecule has 1 aromatic heterocycles. The smallest absolute Gasteiger partial charge is 0.353 e. The maximum Gasteiger partial charge on any atom is 0.353 e. The van der Waals surface area contributed by atoms with Gasteiger partial charge in [0, 0.05) is 19.1 Å². The monoisotopic (exact) mass is 294 g/mol. The minimum Gasteiger partial charge on any atom is -0.378 e. The summed E-state index contributed by atoms with van der Waals surface area (Å²) in [5, 5.41) is 14.4. The molecule has 0 bridgehead atoms. The van der Waals surface area contributed by atoms with Gasteiger partial charge in [0.05, 0.1) is 4.92 Å². The average Bonchev–Trinajstić information content (AvgIpc) is 2.47. The molecule has 2 rings (SSSR count). The number of hydrogen-bond acceptors (Lipinski definition) is 7. The van der Waals surface area contributed by atoms with Crippen molar-refractivity contribution in [3.8, 4) is 0 Å². The predicted molar refractivity (Wildman–Crippen MR) is 82.5 cm³/mol. The Morgan fingerprint density at radius 1 is 1.38 bits per heavy atom. The lowest BCUT2D eigenvalue weighted by Crippen LogP contribution is -2.31. The fourth-order valence-electron chi connectivity index (χ4n) is 2.35. The Labute approximate surface area is 123 Å². The summed E-state index contributed by atoms with van der Waals surface area (Å²) in [5.74, 6) is 0.604. The van der Waals surface area contributed by atoms with Gasteiger partial charge >= 0.3 is 5.69 Å². The third-order valence-electron chi connectivity index (χ3n) is 3.72. The molecule has 1 aliphatic rings. The summed E-state index contributed by atoms with van der Waals surface area (Å²) in [6.07, 6.45) is 4.06. The van der Waals surface area contributed by atoms with Crippen LogP contribution >= 0.6 is 0 Å². The minimum absolute atomic E-state index is 0.0821. The van der Waals surface area contributed by atoms with Crippen LogP contribution in [0.15, 0.2) is 0 Å². The van der Waals surface area contributed by atoms with Crippen molar-refractivity contribution in [1.29, 1.82) is 0 Å². The third kappa shape index (κ3) is 3.50. The summed E-state index contributed by atoms with van der Waals surface area (Å²) in [4.78, 5) is 21.1. The first-order valence-corrected chi connectivity index (χ1v) is 7.36. The molecule has 1 atom stereocenters. The lowest BCUT2D eigenvalue weighted by molar-refractivity contribution is -0.383. The highest BCUT2D eigenvalue weighted by molar-refractivity contribution is 5.71. The van der Waals surface area contributed by atoms with Crippen molar-refractivity contribution in [3.63, 3.8) is 0 Å². The molecule has 1 aliphatic heterocycles. The summed E-state index contributed by atoms with van der Waals surface area (Å²) in [6.45, 7) is 5.57. The third-order valence-corrected chi connectivity index (χ3v) is 3.72. The molecule has 0 aliphatic carbocycles. The summed E-state index contributed by atoms with van der Waals surface area (Å²) in [6, 6.07) is 0.181. The molecule has 1 aromatic rings. The summed E-state index contributed by atoms with van der Waals surface area (Å²) < 4.78 is 0. The predicted octanol–water partition coefficient (Wildman–Crippen LogP) is 2.17. The molecule has 1 unspecified atom stereocenters. The molecule has 0 spiro atoms. The molecule has 8 nitrogen and oxygen atoms in total. The molecule has 0 aromatic carbocycles. The fourth-order valence-corrected chi connectivity index (χ4v) is 2.35. The number of nitrogen functional groups attached to an aromatic ring is 1. The zero-order valence-electron chi connectivity index (χ0n) is 12.5. The van der Waals surface area contributed by atoms with Gasteiger partial charge in [0.15, 0.2) is 0 Å². The van der Waals surface area contributed by atoms with Crippen molar-refractivity contribution in [3.05, 3.63) is 10.1 Å². The Balaban J connectivity index is 2.39. The summed E-state index contributed by atoms with van der Waals surface area (Å²) in [5.41, 5.74) is 5.60. The lowest BCUT2D eigenvalue weighted by atomic mass is 10.1. The van der Waals surface area contributed by atoms with Crippen molar-refractivity contribution >= 4 is 23.3 Å². The van der Waals surface area contributed by atoms with Gasteiger partial charge in [-0.15, -0.1) is 0 Å². The fraction of sp³-hybridized carbons (Fsp3) is 0.692. The highest BCUT2D eigenvalue weighted by Gasteiger charge is 2.28. The van der Waals surface area contributed by atoms with Gasteiger partial charge in [-0.25, -0.2) is 0 Å². The second-order valence-electron chi connectivity index (χ2n) is 5.36. The lowest BCUT2D eigenvalue weighted by Gasteiger charge is -2.27. The van der Waals surface area contributed by atoms with Gasteiger partial charge < -0.3 is 16.0 Å². The van der Waals surface area contributed by atoms with Crippen LogP contribution < -0.4 is 16.0 Å². The normalized spacial score (nSPS) is 16.6. The highest BCUT2D eigenvalue weighted by Crippen LogP contribution is 2.33. The molecule has 1 saturated heterocycles. The molecular weight excluding hydrogens is 272 g/mol. The topological polar surface area (TPSA) is 110 Å². The van der Waals surface area contributed by atoms with Crippen molar-refractivity contribution in [1.82, 2.24) is 9.97 Å². The molecular formula is C13H22N6O2. The van der Waals surface area contributed by atoms with E-state index in [9.17, 15) is 10.1 Å². The van der Waals surface area contributed by atoms with Gasteiger partial charge in [-0.05, 0) is 32.6 Å². The Morgan fingerprint density at radius 2 is 2.05 bits per heavy atom. The molecule has 3 N–H and O–H groups in total. The molecule has 0 amide bonds. The molecule has 116 valence electrons. The number of anilines is 3. The second-order valence-corrected chi connectivity index (χ2v) is 5.36. The van der Waals surface area contributed by atoms with Crippen LogP contribution in [0.5, 0.6) is 0 Å². The number of nitro groups is 1. The van der Waals surface area contributed by atoms with E-state index in [-0.39, 0.29) is 17.5 Å². The van der Waals surface area contributed by atoms with E-state index in [1.54, 1.807) is 0 Å². The maximum atomic E-state index is 11.3. The van der Waals surface area contributed by atoms with Crippen molar-refractivity contribution in [2.24, 2.45) is 0 Å². The first kappa shape index (κ1) is 15.3. The van der Waals surface area contributed by atoms with Crippen LogP contribution in [0.25, 0.3) is 0 Å². The first-order chi connectivity index (χ1) is 10.0. The van der Waals surface area contributed by atoms with E-state index in [1.807, 2.05) is 18.7 Å². The van der Waals surface area contributed by atoms with Crippen LogP contribution in [0, 0.1) is 10.1 Å². The van der Waals surface area contributed by atoms with Crippen molar-refractivity contribution in [2.45, 2.75) is 45.6 Å². The molecule has 1 fully saturated rings. The SMILES string of the molecule is CCC(C)Nc1nc(N)c([N+](=O)[O-])c(N2CCCCC2)n1. The van der Waals surface area contributed by atoms with Crippen LogP contribution in [0.3, 0.4) is 0 Å². The van der Waals surface area contributed by atoms with Crippen LogP contribution in [0.2, 0.25) is 0 Å². The summed E-state index contributed by atoms with van der Waals surface area (Å²) >= 11 is 0. The number of aromatic nitrogens is 2.